The third-order valence-electron chi connectivity index (χ3n) is 2.62. The van der Waals surface area contributed by atoms with E-state index in [-0.39, 0.29) is 0 Å². The van der Waals surface area contributed by atoms with Gasteiger partial charge >= 0.3 is 0 Å². The van der Waals surface area contributed by atoms with Crippen molar-refractivity contribution in [1.29, 1.82) is 0 Å². The molecule has 1 atom stereocenters. The highest BCUT2D eigenvalue weighted by molar-refractivity contribution is 5.44. The Balaban J connectivity index is 1.85. The molecule has 1 fully saturated rings. The van der Waals surface area contributed by atoms with Gasteiger partial charge in [0.05, 0.1) is 25.0 Å². The summed E-state index contributed by atoms with van der Waals surface area (Å²) in [5, 5.41) is 14.7. The average molecular weight is 220 g/mol. The summed E-state index contributed by atoms with van der Waals surface area (Å²) >= 11 is 0. The second-order valence-corrected chi connectivity index (χ2v) is 3.80. The highest BCUT2D eigenvalue weighted by Gasteiger charge is 2.15. The van der Waals surface area contributed by atoms with Crippen molar-refractivity contribution in [1.82, 2.24) is 25.0 Å². The lowest BCUT2D eigenvalue weighted by Gasteiger charge is -2.23. The number of hydrogen-bond donors (Lipinski definition) is 1. The molecule has 7 heteroatoms. The first-order chi connectivity index (χ1) is 7.93. The molecule has 3 heterocycles. The van der Waals surface area contributed by atoms with Crippen LogP contribution >= 0.6 is 0 Å². The predicted octanol–water partition coefficient (Wildman–Crippen LogP) is 0.110. The van der Waals surface area contributed by atoms with Crippen LogP contribution in [0.15, 0.2) is 12.4 Å². The number of tetrazole rings is 1. The van der Waals surface area contributed by atoms with Gasteiger partial charge in [-0.1, -0.05) is 0 Å². The lowest BCUT2D eigenvalue weighted by molar-refractivity contribution is 0.0874. The Morgan fingerprint density at radius 1 is 1.44 bits per heavy atom. The molecule has 84 valence electrons. The normalized spacial score (nSPS) is 21.1. The number of nitrogens with one attached hydrogen (secondary N) is 1. The molecule has 1 unspecified atom stereocenters. The van der Waals surface area contributed by atoms with Gasteiger partial charge in [0.15, 0.2) is 11.5 Å². The van der Waals surface area contributed by atoms with Crippen LogP contribution in [0.5, 0.6) is 0 Å². The summed E-state index contributed by atoms with van der Waals surface area (Å²) in [6.45, 7) is 1.57. The van der Waals surface area contributed by atoms with Crippen LogP contribution in [0.3, 0.4) is 0 Å². The van der Waals surface area contributed by atoms with Gasteiger partial charge in [0.2, 0.25) is 0 Å². The second-order valence-electron chi connectivity index (χ2n) is 3.80. The van der Waals surface area contributed by atoms with Crippen LogP contribution in [0.25, 0.3) is 5.65 Å². The Hall–Kier alpha value is -1.76. The molecule has 3 rings (SSSR count). The molecule has 1 N–H and O–H groups in total. The Morgan fingerprint density at radius 3 is 3.31 bits per heavy atom. The van der Waals surface area contributed by atoms with E-state index in [1.165, 1.54) is 0 Å². The van der Waals surface area contributed by atoms with E-state index in [0.29, 0.717) is 11.7 Å². The van der Waals surface area contributed by atoms with Crippen molar-refractivity contribution in [3.8, 4) is 0 Å². The number of anilines is 1. The van der Waals surface area contributed by atoms with Crippen LogP contribution in [0.4, 0.5) is 5.82 Å². The fourth-order valence-corrected chi connectivity index (χ4v) is 1.84. The lowest BCUT2D eigenvalue weighted by Crippen LogP contribution is -2.30. The Morgan fingerprint density at radius 2 is 2.44 bits per heavy atom. The van der Waals surface area contributed by atoms with Gasteiger partial charge in [0.1, 0.15) is 0 Å². The predicted molar refractivity (Wildman–Crippen MR) is 56.0 cm³/mol. The zero-order valence-corrected chi connectivity index (χ0v) is 8.70. The van der Waals surface area contributed by atoms with E-state index in [9.17, 15) is 0 Å². The van der Waals surface area contributed by atoms with Crippen molar-refractivity contribution in [3.63, 3.8) is 0 Å². The average Bonchev–Trinajstić information content (AvgIpc) is 2.80. The highest BCUT2D eigenvalue weighted by atomic mass is 16.5. The molecule has 0 radical (unpaired) electrons. The summed E-state index contributed by atoms with van der Waals surface area (Å²) in [5.41, 5.74) is 0.640. The number of hydrogen-bond acceptors (Lipinski definition) is 6. The van der Waals surface area contributed by atoms with Crippen LogP contribution in [0, 0.1) is 0 Å². The van der Waals surface area contributed by atoms with Gasteiger partial charge in [-0.3, -0.25) is 4.98 Å². The maximum Gasteiger partial charge on any atom is 0.199 e. The van der Waals surface area contributed by atoms with Crippen molar-refractivity contribution >= 4 is 11.5 Å². The Labute approximate surface area is 91.8 Å². The molecule has 7 nitrogen and oxygen atoms in total. The highest BCUT2D eigenvalue weighted by Crippen LogP contribution is 2.13. The molecule has 0 aromatic carbocycles. The van der Waals surface area contributed by atoms with E-state index in [2.05, 4.69) is 25.8 Å². The molecule has 1 aliphatic rings. The molecule has 0 spiro atoms. The standard InChI is InChI=1S/C9H12N6O/c1-2-7(6-16-3-1)11-8-4-10-5-9-12-13-14-15(8)9/h4-5,7,11H,1-3,6H2. The van der Waals surface area contributed by atoms with Crippen LogP contribution in [-0.2, 0) is 4.74 Å². The molecule has 0 bridgehead atoms. The van der Waals surface area contributed by atoms with E-state index in [4.69, 9.17) is 4.74 Å². The minimum Gasteiger partial charge on any atom is -0.379 e. The van der Waals surface area contributed by atoms with Gasteiger partial charge in [-0.15, -0.1) is 5.10 Å². The first-order valence-corrected chi connectivity index (χ1v) is 5.30. The Bertz CT molecular complexity index is 478. The van der Waals surface area contributed by atoms with Gasteiger partial charge < -0.3 is 10.1 Å². The zero-order valence-electron chi connectivity index (χ0n) is 8.70. The van der Waals surface area contributed by atoms with Crippen molar-refractivity contribution in [3.05, 3.63) is 12.4 Å². The molecule has 2 aromatic rings. The van der Waals surface area contributed by atoms with Crippen LogP contribution < -0.4 is 5.32 Å². The van der Waals surface area contributed by atoms with Crippen LogP contribution in [-0.4, -0.2) is 44.3 Å². The van der Waals surface area contributed by atoms with E-state index < -0.39 is 0 Å². The van der Waals surface area contributed by atoms with Crippen molar-refractivity contribution in [2.24, 2.45) is 0 Å². The lowest BCUT2D eigenvalue weighted by atomic mass is 10.1. The number of rotatable bonds is 2. The van der Waals surface area contributed by atoms with Gasteiger partial charge in [-0.25, -0.2) is 0 Å². The van der Waals surface area contributed by atoms with E-state index >= 15 is 0 Å². The van der Waals surface area contributed by atoms with Gasteiger partial charge in [-0.2, -0.15) is 4.52 Å². The van der Waals surface area contributed by atoms with Crippen LogP contribution in [0.1, 0.15) is 12.8 Å². The molecular formula is C9H12N6O. The number of nitrogens with zero attached hydrogens (tertiary/aromatic N) is 5. The molecule has 0 amide bonds. The number of ether oxygens (including phenoxy) is 1. The minimum atomic E-state index is 0.311. The maximum atomic E-state index is 5.40. The van der Waals surface area contributed by atoms with Crippen LogP contribution in [0.2, 0.25) is 0 Å². The summed E-state index contributed by atoms with van der Waals surface area (Å²) in [6, 6.07) is 0.311. The van der Waals surface area contributed by atoms with E-state index in [1.807, 2.05) is 0 Å². The van der Waals surface area contributed by atoms with Crippen molar-refractivity contribution in [2.45, 2.75) is 18.9 Å². The largest absolute Gasteiger partial charge is 0.379 e. The first-order valence-electron chi connectivity index (χ1n) is 5.30. The van der Waals surface area contributed by atoms with Gasteiger partial charge in [0, 0.05) is 6.61 Å². The summed E-state index contributed by atoms with van der Waals surface area (Å²) in [6.07, 6.45) is 5.52. The van der Waals surface area contributed by atoms with E-state index in [1.54, 1.807) is 16.9 Å². The third-order valence-corrected chi connectivity index (χ3v) is 2.62. The number of aromatic nitrogens is 5. The molecule has 0 saturated carbocycles. The fourth-order valence-electron chi connectivity index (χ4n) is 1.84. The molecule has 1 aliphatic heterocycles. The SMILES string of the molecule is c1ncc2nnnn2c1NC1CCCOC1. The quantitative estimate of drug-likeness (QED) is 0.774. The minimum absolute atomic E-state index is 0.311. The number of fused-ring (bicyclic) bond motifs is 1. The van der Waals surface area contributed by atoms with Crippen molar-refractivity contribution < 1.29 is 4.74 Å². The summed E-state index contributed by atoms with van der Waals surface area (Å²) in [5.74, 6) is 0.804. The van der Waals surface area contributed by atoms with Gasteiger partial charge in [-0.05, 0) is 23.3 Å². The summed E-state index contributed by atoms with van der Waals surface area (Å²) < 4.78 is 7.04. The third kappa shape index (κ3) is 1.69. The smallest absolute Gasteiger partial charge is 0.199 e. The van der Waals surface area contributed by atoms with Gasteiger partial charge in [0.25, 0.3) is 0 Å². The van der Waals surface area contributed by atoms with E-state index in [0.717, 1.165) is 31.9 Å². The first kappa shape index (κ1) is 9.46. The molecule has 2 aromatic heterocycles. The monoisotopic (exact) mass is 220 g/mol. The maximum absolute atomic E-state index is 5.40. The van der Waals surface area contributed by atoms with Crippen molar-refractivity contribution in [2.75, 3.05) is 18.5 Å². The molecule has 16 heavy (non-hydrogen) atoms. The second kappa shape index (κ2) is 4.01. The summed E-state index contributed by atoms with van der Waals surface area (Å²) in [7, 11) is 0. The molecule has 0 aliphatic carbocycles. The molecular weight excluding hydrogens is 208 g/mol. The summed E-state index contributed by atoms with van der Waals surface area (Å²) in [4.78, 5) is 4.08. The fraction of sp³-hybridized carbons (Fsp3) is 0.556. The topological polar surface area (TPSA) is 77.2 Å². The molecule has 1 saturated heterocycles. The Kier molecular flexibility index (Phi) is 2.37. The zero-order chi connectivity index (χ0) is 10.8.